The van der Waals surface area contributed by atoms with E-state index in [2.05, 4.69) is 4.74 Å². The Morgan fingerprint density at radius 3 is 2.69 bits per heavy atom. The maximum Gasteiger partial charge on any atom is 0.339 e. The molecule has 0 fully saturated rings. The summed E-state index contributed by atoms with van der Waals surface area (Å²) in [5, 5.41) is 9.42. The van der Waals surface area contributed by atoms with Gasteiger partial charge in [-0.15, -0.1) is 0 Å². The van der Waals surface area contributed by atoms with Crippen molar-refractivity contribution in [1.29, 1.82) is 0 Å². The first-order valence-corrected chi connectivity index (χ1v) is 3.77. The lowest BCUT2D eigenvalue weighted by Gasteiger charge is -2.10. The molecule has 0 aliphatic rings. The minimum absolute atomic E-state index is 0.370. The first kappa shape index (κ1) is 9.54. The van der Waals surface area contributed by atoms with E-state index in [4.69, 9.17) is 5.73 Å². The molecule has 0 heterocycles. The molecule has 4 heteroatoms. The van der Waals surface area contributed by atoms with Gasteiger partial charge in [0.1, 0.15) is 0 Å². The average Bonchev–Trinajstić information content (AvgIpc) is 2.16. The average molecular weight is 181 g/mol. The number of rotatable bonds is 2. The zero-order valence-electron chi connectivity index (χ0n) is 7.23. The molecule has 0 saturated heterocycles. The number of esters is 1. The van der Waals surface area contributed by atoms with Crippen molar-refractivity contribution in [3.8, 4) is 0 Å². The number of benzene rings is 1. The Morgan fingerprint density at radius 2 is 2.15 bits per heavy atom. The van der Waals surface area contributed by atoms with E-state index in [0.29, 0.717) is 11.3 Å². The van der Waals surface area contributed by atoms with Gasteiger partial charge in [0.15, 0.2) is 6.10 Å². The number of para-hydroxylation sites is 1. The lowest BCUT2D eigenvalue weighted by Crippen LogP contribution is -2.14. The predicted molar refractivity (Wildman–Crippen MR) is 47.8 cm³/mol. The summed E-state index contributed by atoms with van der Waals surface area (Å²) in [6, 6.07) is 6.61. The first-order valence-electron chi connectivity index (χ1n) is 3.77. The Hall–Kier alpha value is -1.55. The summed E-state index contributed by atoms with van der Waals surface area (Å²) in [4.78, 5) is 10.9. The van der Waals surface area contributed by atoms with E-state index in [1.807, 2.05) is 0 Å². The molecule has 1 unspecified atom stereocenters. The fourth-order valence-electron chi connectivity index (χ4n) is 0.999. The Labute approximate surface area is 75.9 Å². The number of hydrogen-bond donors (Lipinski definition) is 2. The molecule has 0 bridgehead atoms. The summed E-state index contributed by atoms with van der Waals surface area (Å²) in [5.74, 6) is -0.710. The van der Waals surface area contributed by atoms with Gasteiger partial charge in [-0.3, -0.25) is 0 Å². The quantitative estimate of drug-likeness (QED) is 0.514. The molecule has 0 radical (unpaired) electrons. The van der Waals surface area contributed by atoms with Crippen molar-refractivity contribution >= 4 is 11.7 Å². The number of anilines is 1. The van der Waals surface area contributed by atoms with Crippen LogP contribution in [0.1, 0.15) is 11.7 Å². The monoisotopic (exact) mass is 181 g/mol. The van der Waals surface area contributed by atoms with Crippen LogP contribution in [0.3, 0.4) is 0 Å². The van der Waals surface area contributed by atoms with Gasteiger partial charge < -0.3 is 15.6 Å². The predicted octanol–water partition coefficient (Wildman–Crippen LogP) is 0.475. The Bertz CT molecular complexity index is 311. The van der Waals surface area contributed by atoms with Gasteiger partial charge in [0.25, 0.3) is 0 Å². The van der Waals surface area contributed by atoms with Crippen molar-refractivity contribution in [2.24, 2.45) is 0 Å². The van der Waals surface area contributed by atoms with E-state index in [1.54, 1.807) is 24.3 Å². The van der Waals surface area contributed by atoms with E-state index in [9.17, 15) is 9.90 Å². The van der Waals surface area contributed by atoms with Crippen LogP contribution in [0, 0.1) is 0 Å². The Morgan fingerprint density at radius 1 is 1.54 bits per heavy atom. The van der Waals surface area contributed by atoms with Crippen LogP contribution in [0.15, 0.2) is 24.3 Å². The fourth-order valence-corrected chi connectivity index (χ4v) is 0.999. The summed E-state index contributed by atoms with van der Waals surface area (Å²) in [6.07, 6.45) is -1.30. The van der Waals surface area contributed by atoms with Crippen molar-refractivity contribution in [2.45, 2.75) is 6.10 Å². The highest BCUT2D eigenvalue weighted by atomic mass is 16.5. The van der Waals surface area contributed by atoms with Crippen LogP contribution >= 0.6 is 0 Å². The van der Waals surface area contributed by atoms with Gasteiger partial charge in [0.2, 0.25) is 0 Å². The molecule has 0 saturated carbocycles. The van der Waals surface area contributed by atoms with Crippen molar-refractivity contribution in [3.05, 3.63) is 29.8 Å². The van der Waals surface area contributed by atoms with Crippen LogP contribution in [0.5, 0.6) is 0 Å². The molecule has 3 N–H and O–H groups in total. The number of methoxy groups -OCH3 is 1. The van der Waals surface area contributed by atoms with Crippen LogP contribution in [-0.2, 0) is 9.53 Å². The van der Waals surface area contributed by atoms with E-state index < -0.39 is 12.1 Å². The Kier molecular flexibility index (Phi) is 2.87. The highest BCUT2D eigenvalue weighted by Crippen LogP contribution is 2.20. The molecule has 1 aromatic rings. The van der Waals surface area contributed by atoms with Gasteiger partial charge in [-0.2, -0.15) is 0 Å². The molecule has 4 nitrogen and oxygen atoms in total. The third-order valence-corrected chi connectivity index (χ3v) is 1.72. The third-order valence-electron chi connectivity index (χ3n) is 1.72. The molecule has 0 amide bonds. The number of hydrogen-bond acceptors (Lipinski definition) is 4. The molecule has 1 atom stereocenters. The minimum Gasteiger partial charge on any atom is -0.467 e. The normalized spacial score (nSPS) is 12.2. The number of nitrogen functional groups attached to an aromatic ring is 1. The topological polar surface area (TPSA) is 72.5 Å². The third kappa shape index (κ3) is 1.97. The largest absolute Gasteiger partial charge is 0.467 e. The summed E-state index contributed by atoms with van der Waals surface area (Å²) >= 11 is 0. The number of carbonyl (C=O) groups excluding carboxylic acids is 1. The summed E-state index contributed by atoms with van der Waals surface area (Å²) < 4.78 is 4.38. The fraction of sp³-hybridized carbons (Fsp3) is 0.222. The molecule has 0 aliphatic carbocycles. The van der Waals surface area contributed by atoms with Crippen LogP contribution in [0.25, 0.3) is 0 Å². The van der Waals surface area contributed by atoms with E-state index >= 15 is 0 Å². The molecule has 70 valence electrons. The van der Waals surface area contributed by atoms with Gasteiger partial charge in [-0.1, -0.05) is 18.2 Å². The van der Waals surface area contributed by atoms with Gasteiger partial charge in [0.05, 0.1) is 7.11 Å². The lowest BCUT2D eigenvalue weighted by atomic mass is 10.1. The van der Waals surface area contributed by atoms with E-state index in [0.717, 1.165) is 0 Å². The highest BCUT2D eigenvalue weighted by Gasteiger charge is 2.19. The molecular weight excluding hydrogens is 170 g/mol. The second-order valence-electron chi connectivity index (χ2n) is 2.55. The maximum atomic E-state index is 10.9. The van der Waals surface area contributed by atoms with E-state index in [-0.39, 0.29) is 0 Å². The van der Waals surface area contributed by atoms with E-state index in [1.165, 1.54) is 7.11 Å². The number of aliphatic hydroxyl groups excluding tert-OH is 1. The zero-order chi connectivity index (χ0) is 9.84. The van der Waals surface area contributed by atoms with Crippen molar-refractivity contribution in [2.75, 3.05) is 12.8 Å². The SMILES string of the molecule is COC(=O)C(O)c1ccccc1N. The van der Waals surface area contributed by atoms with Crippen LogP contribution in [-0.4, -0.2) is 18.2 Å². The number of ether oxygens (including phenoxy) is 1. The van der Waals surface area contributed by atoms with Crippen LogP contribution < -0.4 is 5.73 Å². The minimum atomic E-state index is -1.30. The maximum absolute atomic E-state index is 10.9. The first-order chi connectivity index (χ1) is 6.16. The van der Waals surface area contributed by atoms with Crippen molar-refractivity contribution in [3.63, 3.8) is 0 Å². The molecule has 1 aromatic carbocycles. The smallest absolute Gasteiger partial charge is 0.339 e. The van der Waals surface area contributed by atoms with Gasteiger partial charge in [-0.05, 0) is 6.07 Å². The van der Waals surface area contributed by atoms with Gasteiger partial charge in [-0.25, -0.2) is 4.79 Å². The number of carbonyl (C=O) groups is 1. The van der Waals surface area contributed by atoms with Crippen LogP contribution in [0.2, 0.25) is 0 Å². The lowest BCUT2D eigenvalue weighted by molar-refractivity contribution is -0.150. The van der Waals surface area contributed by atoms with Gasteiger partial charge in [0, 0.05) is 11.3 Å². The molecule has 0 aliphatic heterocycles. The van der Waals surface area contributed by atoms with Crippen LogP contribution in [0.4, 0.5) is 5.69 Å². The van der Waals surface area contributed by atoms with Crippen molar-refractivity contribution < 1.29 is 14.6 Å². The molecule has 1 rings (SSSR count). The molecule has 13 heavy (non-hydrogen) atoms. The number of aliphatic hydroxyl groups is 1. The molecular formula is C9H11NO3. The summed E-state index contributed by atoms with van der Waals surface area (Å²) in [5.41, 5.74) is 6.29. The standard InChI is InChI=1S/C9H11NO3/c1-13-9(12)8(11)6-4-2-3-5-7(6)10/h2-5,8,11H,10H2,1H3. The highest BCUT2D eigenvalue weighted by molar-refractivity contribution is 5.78. The van der Waals surface area contributed by atoms with Gasteiger partial charge >= 0.3 is 5.97 Å². The number of nitrogens with two attached hydrogens (primary N) is 1. The zero-order valence-corrected chi connectivity index (χ0v) is 7.23. The summed E-state index contributed by atoms with van der Waals surface area (Å²) in [7, 11) is 1.21. The molecule has 0 aromatic heterocycles. The Balaban J connectivity index is 2.95. The molecule has 0 spiro atoms. The second kappa shape index (κ2) is 3.91. The summed E-state index contributed by atoms with van der Waals surface area (Å²) in [6.45, 7) is 0. The second-order valence-corrected chi connectivity index (χ2v) is 2.55. The van der Waals surface area contributed by atoms with Crippen molar-refractivity contribution in [1.82, 2.24) is 0 Å².